The summed E-state index contributed by atoms with van der Waals surface area (Å²) in [6, 6.07) is 11.5. The number of nitrogens with zero attached hydrogens (tertiary/aromatic N) is 1. The molecule has 2 fully saturated rings. The Balaban J connectivity index is 1.17. The predicted molar refractivity (Wildman–Crippen MR) is 132 cm³/mol. The summed E-state index contributed by atoms with van der Waals surface area (Å²) in [5.41, 5.74) is 3.83. The van der Waals surface area contributed by atoms with Crippen LogP contribution < -0.4 is 16.0 Å². The molecule has 2 amide bonds. The van der Waals surface area contributed by atoms with Gasteiger partial charge in [0, 0.05) is 31.6 Å². The van der Waals surface area contributed by atoms with Crippen LogP contribution in [-0.4, -0.2) is 47.4 Å². The third-order valence-electron chi connectivity index (χ3n) is 6.86. The smallest absolute Gasteiger partial charge is 0.237 e. The van der Waals surface area contributed by atoms with Crippen molar-refractivity contribution in [3.8, 4) is 0 Å². The largest absolute Gasteiger partial charge is 0.352 e. The van der Waals surface area contributed by atoms with E-state index in [9.17, 15) is 18.4 Å². The van der Waals surface area contributed by atoms with Crippen molar-refractivity contribution in [3.63, 3.8) is 0 Å². The van der Waals surface area contributed by atoms with Crippen LogP contribution in [0.3, 0.4) is 0 Å². The molecule has 9 heteroatoms. The van der Waals surface area contributed by atoms with Crippen LogP contribution in [-0.2, 0) is 16.1 Å². The van der Waals surface area contributed by atoms with E-state index in [1.807, 2.05) is 6.07 Å². The summed E-state index contributed by atoms with van der Waals surface area (Å²) in [5, 5.41) is 11.4. The van der Waals surface area contributed by atoms with E-state index >= 15 is 0 Å². The van der Waals surface area contributed by atoms with Gasteiger partial charge in [-0.05, 0) is 54.0 Å². The Bertz CT molecular complexity index is 1150. The highest BCUT2D eigenvalue weighted by Crippen LogP contribution is 2.39. The fourth-order valence-corrected chi connectivity index (χ4v) is 6.17. The molecule has 3 aliphatic heterocycles. The van der Waals surface area contributed by atoms with Gasteiger partial charge >= 0.3 is 0 Å². The first-order valence-electron chi connectivity index (χ1n) is 11.8. The zero-order valence-corrected chi connectivity index (χ0v) is 20.2. The van der Waals surface area contributed by atoms with Crippen LogP contribution in [0.15, 0.2) is 47.9 Å². The number of piperidine rings is 1. The van der Waals surface area contributed by atoms with Crippen molar-refractivity contribution < 1.29 is 18.4 Å². The van der Waals surface area contributed by atoms with Gasteiger partial charge in [-0.15, -0.1) is 11.8 Å². The molecule has 3 heterocycles. The summed E-state index contributed by atoms with van der Waals surface area (Å²) >= 11 is 1.55. The summed E-state index contributed by atoms with van der Waals surface area (Å²) in [6.07, 6.45) is 0.983. The van der Waals surface area contributed by atoms with E-state index < -0.39 is 11.6 Å². The highest BCUT2D eigenvalue weighted by molar-refractivity contribution is 8.04. The maximum Gasteiger partial charge on any atom is 0.237 e. The van der Waals surface area contributed by atoms with Gasteiger partial charge in [0.1, 0.15) is 23.2 Å². The Hall–Kier alpha value is -2.75. The van der Waals surface area contributed by atoms with E-state index in [0.717, 1.165) is 17.2 Å². The number of thioether (sulfide) groups is 1. The maximum absolute atomic E-state index is 13.4. The fourth-order valence-electron chi connectivity index (χ4n) is 5.02. The summed E-state index contributed by atoms with van der Waals surface area (Å²) < 4.78 is 26.8. The quantitative estimate of drug-likeness (QED) is 0.591. The molecule has 5 rings (SSSR count). The molecule has 0 bridgehead atoms. The van der Waals surface area contributed by atoms with Crippen molar-refractivity contribution in [3.05, 3.63) is 76.2 Å². The number of carbonyl (C=O) groups excluding carboxylic acids is 2. The molecule has 2 aromatic carbocycles. The van der Waals surface area contributed by atoms with E-state index in [2.05, 4.69) is 51.4 Å². The summed E-state index contributed by atoms with van der Waals surface area (Å²) in [6.45, 7) is 3.45. The minimum absolute atomic E-state index is 0.0184. The first-order chi connectivity index (χ1) is 16.9. The van der Waals surface area contributed by atoms with Crippen LogP contribution >= 0.6 is 11.8 Å². The molecule has 0 saturated carbocycles. The van der Waals surface area contributed by atoms with Gasteiger partial charge in [-0.25, -0.2) is 8.78 Å². The van der Waals surface area contributed by atoms with E-state index in [0.29, 0.717) is 31.5 Å². The highest BCUT2D eigenvalue weighted by atomic mass is 32.2. The van der Waals surface area contributed by atoms with Crippen molar-refractivity contribution in [2.24, 2.45) is 5.92 Å². The molecule has 0 aromatic heterocycles. The molecule has 3 aliphatic rings. The van der Waals surface area contributed by atoms with Gasteiger partial charge in [-0.1, -0.05) is 29.8 Å². The van der Waals surface area contributed by atoms with Crippen LogP contribution in [0.25, 0.3) is 5.57 Å². The molecule has 0 radical (unpaired) electrons. The first kappa shape index (κ1) is 24.0. The predicted octanol–water partition coefficient (Wildman–Crippen LogP) is 3.13. The minimum Gasteiger partial charge on any atom is -0.352 e. The number of aryl methyl sites for hydroxylation is 1. The number of amides is 2. The van der Waals surface area contributed by atoms with Gasteiger partial charge in [-0.3, -0.25) is 19.8 Å². The van der Waals surface area contributed by atoms with Crippen LogP contribution in [0.2, 0.25) is 0 Å². The highest BCUT2D eigenvalue weighted by Gasteiger charge is 2.44. The second-order valence-corrected chi connectivity index (χ2v) is 10.4. The number of hydrogen-bond acceptors (Lipinski definition) is 5. The van der Waals surface area contributed by atoms with Crippen LogP contribution in [0, 0.1) is 24.5 Å². The van der Waals surface area contributed by atoms with Crippen molar-refractivity contribution >= 4 is 29.1 Å². The van der Waals surface area contributed by atoms with Crippen molar-refractivity contribution in [1.29, 1.82) is 0 Å². The molecule has 184 valence electrons. The normalized spacial score (nSPS) is 25.1. The zero-order valence-electron chi connectivity index (χ0n) is 19.4. The van der Waals surface area contributed by atoms with E-state index in [1.54, 1.807) is 11.8 Å². The lowest BCUT2D eigenvalue weighted by Crippen LogP contribution is -2.68. The first-order valence-corrected chi connectivity index (χ1v) is 12.8. The molecular weight excluding hydrogens is 470 g/mol. The van der Waals surface area contributed by atoms with Crippen LogP contribution in [0.5, 0.6) is 0 Å². The molecule has 0 spiro atoms. The van der Waals surface area contributed by atoms with Crippen molar-refractivity contribution in [2.75, 3.05) is 13.1 Å². The maximum atomic E-state index is 13.4. The Labute approximate surface area is 207 Å². The number of rotatable bonds is 5. The lowest BCUT2D eigenvalue weighted by Gasteiger charge is -2.43. The molecule has 3 atom stereocenters. The van der Waals surface area contributed by atoms with Crippen molar-refractivity contribution in [1.82, 2.24) is 20.9 Å². The summed E-state index contributed by atoms with van der Waals surface area (Å²) in [7, 11) is 0. The Morgan fingerprint density at radius 1 is 1.14 bits per heavy atom. The monoisotopic (exact) mass is 498 g/mol. The third-order valence-corrected chi connectivity index (χ3v) is 8.03. The molecule has 2 aromatic rings. The summed E-state index contributed by atoms with van der Waals surface area (Å²) in [4.78, 5) is 27.7. The second-order valence-electron chi connectivity index (χ2n) is 9.36. The number of halogens is 2. The Kier molecular flexibility index (Phi) is 6.91. The average molecular weight is 499 g/mol. The lowest BCUT2D eigenvalue weighted by molar-refractivity contribution is -0.129. The molecular formula is C26H28F2N4O2S. The topological polar surface area (TPSA) is 73.5 Å². The van der Waals surface area contributed by atoms with Gasteiger partial charge in [0.2, 0.25) is 11.8 Å². The van der Waals surface area contributed by atoms with Crippen LogP contribution in [0.4, 0.5) is 8.78 Å². The fraction of sp³-hybridized carbons (Fsp3) is 0.385. The zero-order chi connectivity index (χ0) is 24.5. The molecule has 2 saturated heterocycles. The molecule has 35 heavy (non-hydrogen) atoms. The second kappa shape index (κ2) is 10.1. The molecule has 6 nitrogen and oxygen atoms in total. The van der Waals surface area contributed by atoms with Gasteiger partial charge in [0.05, 0.1) is 6.04 Å². The van der Waals surface area contributed by atoms with E-state index in [-0.39, 0.29) is 41.9 Å². The SMILES string of the molecule is Cc1cccc(C2=CSC3C(=O)NC(N4CCC(C(=O)NCc5cc(F)cc(F)c5)CC4)NC23)c1. The van der Waals surface area contributed by atoms with Crippen LogP contribution in [0.1, 0.15) is 29.5 Å². The summed E-state index contributed by atoms with van der Waals surface area (Å²) in [5.74, 6) is -1.60. The number of hydrogen-bond donors (Lipinski definition) is 3. The third kappa shape index (κ3) is 5.27. The number of nitrogens with one attached hydrogen (secondary N) is 3. The standard InChI is InChI=1S/C26H28F2N4O2S/c1-15-3-2-4-18(9-15)21-14-35-23-22(21)30-26(31-25(23)34)32-7-5-17(6-8-32)24(33)29-13-16-10-19(27)12-20(28)11-16/h2-4,9-12,14,17,22-23,26,30H,5-8,13H2,1H3,(H,29,33)(H,31,34). The van der Waals surface area contributed by atoms with Gasteiger partial charge < -0.3 is 10.6 Å². The van der Waals surface area contributed by atoms with E-state index in [1.165, 1.54) is 17.7 Å². The Morgan fingerprint density at radius 2 is 1.89 bits per heavy atom. The van der Waals surface area contributed by atoms with Gasteiger partial charge in [0.15, 0.2) is 0 Å². The average Bonchev–Trinajstić information content (AvgIpc) is 3.27. The molecule has 3 N–H and O–H groups in total. The lowest BCUT2D eigenvalue weighted by atomic mass is 9.94. The van der Waals surface area contributed by atoms with Crippen molar-refractivity contribution in [2.45, 2.75) is 43.9 Å². The van der Waals surface area contributed by atoms with Gasteiger partial charge in [-0.2, -0.15) is 0 Å². The number of benzene rings is 2. The Morgan fingerprint density at radius 3 is 2.60 bits per heavy atom. The molecule has 3 unspecified atom stereocenters. The number of likely N-dealkylation sites (tertiary alicyclic amines) is 1. The van der Waals surface area contributed by atoms with E-state index in [4.69, 9.17) is 0 Å². The number of carbonyl (C=O) groups is 2. The minimum atomic E-state index is -0.659. The molecule has 0 aliphatic carbocycles. The van der Waals surface area contributed by atoms with Gasteiger partial charge in [0.25, 0.3) is 0 Å². The number of fused-ring (bicyclic) bond motifs is 1.